The topological polar surface area (TPSA) is 69.1 Å². The van der Waals surface area contributed by atoms with Crippen molar-refractivity contribution in [2.75, 3.05) is 26.7 Å². The third-order valence-electron chi connectivity index (χ3n) is 5.18. The number of benzene rings is 2. The number of piperidine rings is 1. The number of guanidine groups is 1. The number of phenols is 1. The number of hydrogen-bond acceptors (Lipinski definition) is 4. The molecule has 2 aromatic carbocycles. The Balaban J connectivity index is 0.00000320. The highest BCUT2D eigenvalue weighted by Gasteiger charge is 2.20. The molecule has 3 N–H and O–H groups in total. The van der Waals surface area contributed by atoms with E-state index in [4.69, 9.17) is 9.73 Å². The fourth-order valence-corrected chi connectivity index (χ4v) is 3.59. The molecule has 1 heterocycles. The molecule has 0 aliphatic carbocycles. The number of nitrogens with one attached hydrogen (secondary N) is 2. The zero-order valence-corrected chi connectivity index (χ0v) is 20.1. The van der Waals surface area contributed by atoms with Crippen LogP contribution in [0.15, 0.2) is 53.5 Å². The van der Waals surface area contributed by atoms with E-state index >= 15 is 0 Å². The number of ether oxygens (including phenoxy) is 1. The lowest BCUT2D eigenvalue weighted by Gasteiger charge is -2.33. The maximum atomic E-state index is 9.94. The number of phenolic OH excluding ortho intramolecular Hbond substituents is 1. The molecule has 2 aromatic rings. The quantitative estimate of drug-likeness (QED) is 0.293. The molecule has 1 fully saturated rings. The molecule has 7 heteroatoms. The minimum absolute atomic E-state index is 0. The van der Waals surface area contributed by atoms with Gasteiger partial charge < -0.3 is 20.5 Å². The summed E-state index contributed by atoms with van der Waals surface area (Å²) in [5.74, 6) is 1.44. The van der Waals surface area contributed by atoms with Crippen molar-refractivity contribution in [3.8, 4) is 11.5 Å². The summed E-state index contributed by atoms with van der Waals surface area (Å²) in [5, 5.41) is 16.8. The summed E-state index contributed by atoms with van der Waals surface area (Å²) in [5.41, 5.74) is 2.31. The van der Waals surface area contributed by atoms with Crippen molar-refractivity contribution in [1.29, 1.82) is 0 Å². The molecule has 0 unspecified atom stereocenters. The van der Waals surface area contributed by atoms with Crippen LogP contribution in [-0.4, -0.2) is 48.8 Å². The average molecular weight is 524 g/mol. The second-order valence-corrected chi connectivity index (χ2v) is 7.38. The van der Waals surface area contributed by atoms with Crippen LogP contribution in [0.25, 0.3) is 0 Å². The maximum absolute atomic E-state index is 9.94. The van der Waals surface area contributed by atoms with Crippen molar-refractivity contribution in [3.63, 3.8) is 0 Å². The first-order chi connectivity index (χ1) is 14.2. The molecule has 0 radical (unpaired) electrons. The van der Waals surface area contributed by atoms with E-state index in [1.165, 1.54) is 5.56 Å². The van der Waals surface area contributed by atoms with Crippen molar-refractivity contribution < 1.29 is 9.84 Å². The minimum Gasteiger partial charge on any atom is -0.504 e. The van der Waals surface area contributed by atoms with E-state index < -0.39 is 0 Å². The molecule has 0 saturated carbocycles. The van der Waals surface area contributed by atoms with Crippen LogP contribution in [-0.2, 0) is 13.1 Å². The second-order valence-electron chi connectivity index (χ2n) is 7.38. The van der Waals surface area contributed by atoms with Gasteiger partial charge in [0.05, 0.1) is 13.7 Å². The van der Waals surface area contributed by atoms with E-state index in [0.29, 0.717) is 18.3 Å². The van der Waals surface area contributed by atoms with Gasteiger partial charge in [-0.3, -0.25) is 4.90 Å². The van der Waals surface area contributed by atoms with Gasteiger partial charge in [0.2, 0.25) is 0 Å². The van der Waals surface area contributed by atoms with Crippen LogP contribution in [0.4, 0.5) is 0 Å². The van der Waals surface area contributed by atoms with E-state index in [9.17, 15) is 5.11 Å². The van der Waals surface area contributed by atoms with E-state index in [0.717, 1.165) is 50.5 Å². The molecular weight excluding hydrogens is 491 g/mol. The Labute approximate surface area is 196 Å². The lowest BCUT2D eigenvalue weighted by molar-refractivity contribution is 0.198. The van der Waals surface area contributed by atoms with Crippen LogP contribution >= 0.6 is 24.0 Å². The zero-order chi connectivity index (χ0) is 20.5. The lowest BCUT2D eigenvalue weighted by Crippen LogP contribution is -2.48. The Bertz CT molecular complexity index is 793. The highest BCUT2D eigenvalue weighted by molar-refractivity contribution is 14.0. The van der Waals surface area contributed by atoms with E-state index in [1.807, 2.05) is 6.07 Å². The molecule has 1 aliphatic rings. The first kappa shape index (κ1) is 24.3. The summed E-state index contributed by atoms with van der Waals surface area (Å²) in [4.78, 5) is 7.20. The monoisotopic (exact) mass is 524 g/mol. The third-order valence-corrected chi connectivity index (χ3v) is 5.18. The first-order valence-electron chi connectivity index (χ1n) is 10.3. The summed E-state index contributed by atoms with van der Waals surface area (Å²) in [6, 6.07) is 16.5. The van der Waals surface area contributed by atoms with Gasteiger partial charge in [-0.1, -0.05) is 36.4 Å². The predicted molar refractivity (Wildman–Crippen MR) is 133 cm³/mol. The van der Waals surface area contributed by atoms with Gasteiger partial charge in [-0.2, -0.15) is 0 Å². The van der Waals surface area contributed by atoms with Gasteiger partial charge in [-0.15, -0.1) is 24.0 Å². The van der Waals surface area contributed by atoms with E-state index in [1.54, 1.807) is 19.2 Å². The van der Waals surface area contributed by atoms with Crippen molar-refractivity contribution >= 4 is 29.9 Å². The van der Waals surface area contributed by atoms with Gasteiger partial charge in [0.25, 0.3) is 0 Å². The molecule has 164 valence electrons. The number of halogens is 1. The van der Waals surface area contributed by atoms with Crippen LogP contribution in [0.3, 0.4) is 0 Å². The number of hydrogen-bond donors (Lipinski definition) is 3. The van der Waals surface area contributed by atoms with Crippen molar-refractivity contribution in [2.24, 2.45) is 4.99 Å². The van der Waals surface area contributed by atoms with Crippen LogP contribution in [0.1, 0.15) is 30.9 Å². The van der Waals surface area contributed by atoms with Crippen LogP contribution in [0.2, 0.25) is 0 Å². The van der Waals surface area contributed by atoms with Gasteiger partial charge >= 0.3 is 0 Å². The third kappa shape index (κ3) is 7.36. The minimum atomic E-state index is 0. The Morgan fingerprint density at radius 1 is 1.13 bits per heavy atom. The number of nitrogens with zero attached hydrogens (tertiary/aromatic N) is 2. The summed E-state index contributed by atoms with van der Waals surface area (Å²) >= 11 is 0. The van der Waals surface area contributed by atoms with Crippen molar-refractivity contribution in [3.05, 3.63) is 59.7 Å². The van der Waals surface area contributed by atoms with Gasteiger partial charge in [-0.25, -0.2) is 4.99 Å². The summed E-state index contributed by atoms with van der Waals surface area (Å²) in [6.45, 7) is 6.56. The number of aliphatic imine (C=N–C) groups is 1. The highest BCUT2D eigenvalue weighted by Crippen LogP contribution is 2.26. The molecule has 0 aromatic heterocycles. The normalized spacial score (nSPS) is 15.3. The van der Waals surface area contributed by atoms with Crippen molar-refractivity contribution in [2.45, 2.75) is 38.9 Å². The van der Waals surface area contributed by atoms with Gasteiger partial charge in [0, 0.05) is 32.2 Å². The molecule has 0 amide bonds. The van der Waals surface area contributed by atoms with Crippen LogP contribution < -0.4 is 15.4 Å². The Morgan fingerprint density at radius 3 is 2.50 bits per heavy atom. The van der Waals surface area contributed by atoms with Crippen LogP contribution in [0.5, 0.6) is 11.5 Å². The lowest BCUT2D eigenvalue weighted by atomic mass is 10.0. The molecule has 1 aliphatic heterocycles. The second kappa shape index (κ2) is 12.6. The fraction of sp³-hybridized carbons (Fsp3) is 0.435. The van der Waals surface area contributed by atoms with Crippen molar-refractivity contribution in [1.82, 2.24) is 15.5 Å². The SMILES string of the molecule is CCNC(=NCc1ccc(OC)c(O)c1)NC1CCN(Cc2ccccc2)CC1.I. The van der Waals surface area contributed by atoms with Crippen LogP contribution in [0, 0.1) is 0 Å². The Kier molecular flexibility index (Phi) is 10.2. The predicted octanol–water partition coefficient (Wildman–Crippen LogP) is 3.74. The molecule has 6 nitrogen and oxygen atoms in total. The van der Waals surface area contributed by atoms with E-state index in [2.05, 4.69) is 52.8 Å². The summed E-state index contributed by atoms with van der Waals surface area (Å²) < 4.78 is 5.10. The highest BCUT2D eigenvalue weighted by atomic mass is 127. The largest absolute Gasteiger partial charge is 0.504 e. The number of likely N-dealkylation sites (tertiary alicyclic amines) is 1. The Hall–Kier alpha value is -2.00. The summed E-state index contributed by atoms with van der Waals surface area (Å²) in [6.07, 6.45) is 2.20. The number of rotatable bonds is 7. The maximum Gasteiger partial charge on any atom is 0.191 e. The fourth-order valence-electron chi connectivity index (χ4n) is 3.59. The zero-order valence-electron chi connectivity index (χ0n) is 17.8. The molecule has 3 rings (SSSR count). The van der Waals surface area contributed by atoms with Gasteiger partial charge in [-0.05, 0) is 43.0 Å². The molecule has 0 bridgehead atoms. The number of methoxy groups -OCH3 is 1. The molecule has 0 atom stereocenters. The average Bonchev–Trinajstić information content (AvgIpc) is 2.74. The molecular formula is C23H33IN4O2. The molecule has 30 heavy (non-hydrogen) atoms. The molecule has 0 spiro atoms. The van der Waals surface area contributed by atoms with Gasteiger partial charge in [0.1, 0.15) is 0 Å². The smallest absolute Gasteiger partial charge is 0.191 e. The van der Waals surface area contributed by atoms with Gasteiger partial charge in [0.15, 0.2) is 17.5 Å². The number of aromatic hydroxyl groups is 1. The standard InChI is InChI=1S/C23H32N4O2.HI/c1-3-24-23(25-16-19-9-10-22(29-2)21(28)15-19)26-20-11-13-27(14-12-20)17-18-7-5-4-6-8-18;/h4-10,15,20,28H,3,11-14,16-17H2,1-2H3,(H2,24,25,26);1H. The Morgan fingerprint density at radius 2 is 1.87 bits per heavy atom. The molecule has 1 saturated heterocycles. The first-order valence-corrected chi connectivity index (χ1v) is 10.3. The van der Waals surface area contributed by atoms with E-state index in [-0.39, 0.29) is 29.7 Å². The summed E-state index contributed by atoms with van der Waals surface area (Å²) in [7, 11) is 1.55.